The molecule has 1 aliphatic carbocycles. The van der Waals surface area contributed by atoms with Crippen LogP contribution in [0.5, 0.6) is 0 Å². The molecule has 25 heavy (non-hydrogen) atoms. The molecule has 0 unspecified atom stereocenters. The average molecular weight is 355 g/mol. The molecule has 0 aromatic heterocycles. The summed E-state index contributed by atoms with van der Waals surface area (Å²) in [5.41, 5.74) is 1.85. The molecule has 0 bridgehead atoms. The third-order valence-electron chi connectivity index (χ3n) is 3.82. The normalized spacial score (nSPS) is 13.9. The van der Waals surface area contributed by atoms with Crippen molar-refractivity contribution in [2.75, 3.05) is 5.32 Å². The summed E-state index contributed by atoms with van der Waals surface area (Å²) in [6.07, 6.45) is 2.05. The SMILES string of the molecule is N#CCc1ccc(NC(=O)c2ccc(S(=O)(=O)NC3CC3)cc2)cc1. The molecule has 1 amide bonds. The second kappa shape index (κ2) is 7.05. The van der Waals surface area contributed by atoms with Gasteiger partial charge in [-0.3, -0.25) is 4.79 Å². The van der Waals surface area contributed by atoms with Gasteiger partial charge in [-0.1, -0.05) is 12.1 Å². The van der Waals surface area contributed by atoms with Gasteiger partial charge < -0.3 is 5.32 Å². The van der Waals surface area contributed by atoms with Gasteiger partial charge in [0.05, 0.1) is 17.4 Å². The summed E-state index contributed by atoms with van der Waals surface area (Å²) >= 11 is 0. The second-order valence-corrected chi connectivity index (χ2v) is 7.62. The standard InChI is InChI=1S/C18H17N3O3S/c19-12-11-13-1-5-15(6-2-13)20-18(22)14-3-9-17(10-4-14)25(23,24)21-16-7-8-16/h1-6,9-10,16,21H,7-8,11H2,(H,20,22). The molecule has 0 saturated heterocycles. The largest absolute Gasteiger partial charge is 0.322 e. The summed E-state index contributed by atoms with van der Waals surface area (Å²) in [4.78, 5) is 12.4. The van der Waals surface area contributed by atoms with E-state index in [0.717, 1.165) is 18.4 Å². The Hall–Kier alpha value is -2.69. The summed E-state index contributed by atoms with van der Waals surface area (Å²) in [5.74, 6) is -0.327. The first-order chi connectivity index (χ1) is 12.0. The zero-order chi connectivity index (χ0) is 17.9. The number of amides is 1. The number of benzene rings is 2. The molecular formula is C18H17N3O3S. The summed E-state index contributed by atoms with van der Waals surface area (Å²) in [6, 6.07) is 14.9. The van der Waals surface area contributed by atoms with Gasteiger partial charge in [-0.15, -0.1) is 0 Å². The predicted molar refractivity (Wildman–Crippen MR) is 93.5 cm³/mol. The van der Waals surface area contributed by atoms with Crippen molar-refractivity contribution in [1.29, 1.82) is 5.26 Å². The molecular weight excluding hydrogens is 338 g/mol. The molecule has 2 aromatic carbocycles. The van der Waals surface area contributed by atoms with Crippen LogP contribution in [0.3, 0.4) is 0 Å². The fourth-order valence-corrected chi connectivity index (χ4v) is 3.58. The summed E-state index contributed by atoms with van der Waals surface area (Å²) in [5, 5.41) is 11.4. The zero-order valence-electron chi connectivity index (χ0n) is 13.4. The molecule has 1 aliphatic rings. The van der Waals surface area contributed by atoms with Crippen molar-refractivity contribution < 1.29 is 13.2 Å². The molecule has 1 fully saturated rings. The predicted octanol–water partition coefficient (Wildman–Crippen LogP) is 2.45. The molecule has 128 valence electrons. The van der Waals surface area contributed by atoms with E-state index in [2.05, 4.69) is 16.1 Å². The fourth-order valence-electron chi connectivity index (χ4n) is 2.27. The molecule has 3 rings (SSSR count). The lowest BCUT2D eigenvalue weighted by Gasteiger charge is -2.08. The fraction of sp³-hybridized carbons (Fsp3) is 0.222. The van der Waals surface area contributed by atoms with Crippen molar-refractivity contribution in [2.45, 2.75) is 30.2 Å². The number of nitrogens with one attached hydrogen (secondary N) is 2. The van der Waals surface area contributed by atoms with Crippen LogP contribution in [-0.2, 0) is 16.4 Å². The summed E-state index contributed by atoms with van der Waals surface area (Å²) < 4.78 is 26.8. The van der Waals surface area contributed by atoms with Crippen LogP contribution in [0.25, 0.3) is 0 Å². The molecule has 2 N–H and O–H groups in total. The van der Waals surface area contributed by atoms with E-state index in [1.165, 1.54) is 24.3 Å². The second-order valence-electron chi connectivity index (χ2n) is 5.91. The average Bonchev–Trinajstić information content (AvgIpc) is 3.40. The minimum absolute atomic E-state index is 0.0389. The monoisotopic (exact) mass is 355 g/mol. The van der Waals surface area contributed by atoms with E-state index in [1.54, 1.807) is 24.3 Å². The number of rotatable bonds is 6. The van der Waals surface area contributed by atoms with Crippen LogP contribution in [0, 0.1) is 11.3 Å². The Morgan fingerprint density at radius 3 is 2.28 bits per heavy atom. The Morgan fingerprint density at radius 1 is 1.08 bits per heavy atom. The van der Waals surface area contributed by atoms with Crippen molar-refractivity contribution in [3.8, 4) is 6.07 Å². The van der Waals surface area contributed by atoms with Gasteiger partial charge in [-0.2, -0.15) is 5.26 Å². The highest BCUT2D eigenvalue weighted by atomic mass is 32.2. The quantitative estimate of drug-likeness (QED) is 0.831. The van der Waals surface area contributed by atoms with Gasteiger partial charge in [0.1, 0.15) is 0 Å². The van der Waals surface area contributed by atoms with E-state index in [-0.39, 0.29) is 16.8 Å². The number of carbonyl (C=O) groups excluding carboxylic acids is 1. The van der Waals surface area contributed by atoms with E-state index >= 15 is 0 Å². The van der Waals surface area contributed by atoms with Crippen molar-refractivity contribution in [3.63, 3.8) is 0 Å². The minimum Gasteiger partial charge on any atom is -0.322 e. The highest BCUT2D eigenvalue weighted by Crippen LogP contribution is 2.22. The van der Waals surface area contributed by atoms with Gasteiger partial charge in [-0.25, -0.2) is 13.1 Å². The van der Waals surface area contributed by atoms with Gasteiger partial charge >= 0.3 is 0 Å². The van der Waals surface area contributed by atoms with E-state index in [9.17, 15) is 13.2 Å². The number of hydrogen-bond donors (Lipinski definition) is 2. The van der Waals surface area contributed by atoms with Crippen LogP contribution in [0.15, 0.2) is 53.4 Å². The van der Waals surface area contributed by atoms with E-state index in [4.69, 9.17) is 5.26 Å². The summed E-state index contributed by atoms with van der Waals surface area (Å²) in [7, 11) is -3.52. The van der Waals surface area contributed by atoms with Crippen molar-refractivity contribution in [3.05, 3.63) is 59.7 Å². The van der Waals surface area contributed by atoms with E-state index < -0.39 is 10.0 Å². The molecule has 0 aliphatic heterocycles. The van der Waals surface area contributed by atoms with Crippen LogP contribution in [0.2, 0.25) is 0 Å². The smallest absolute Gasteiger partial charge is 0.255 e. The lowest BCUT2D eigenvalue weighted by atomic mass is 10.1. The zero-order valence-corrected chi connectivity index (χ0v) is 14.2. The Bertz CT molecular complexity index is 910. The maximum absolute atomic E-state index is 12.2. The van der Waals surface area contributed by atoms with Gasteiger partial charge in [0.15, 0.2) is 0 Å². The van der Waals surface area contributed by atoms with Crippen LogP contribution in [0.1, 0.15) is 28.8 Å². The Balaban J connectivity index is 1.67. The molecule has 2 aromatic rings. The molecule has 1 saturated carbocycles. The van der Waals surface area contributed by atoms with Crippen LogP contribution in [-0.4, -0.2) is 20.4 Å². The van der Waals surface area contributed by atoms with Crippen molar-refractivity contribution in [1.82, 2.24) is 4.72 Å². The van der Waals surface area contributed by atoms with Crippen molar-refractivity contribution >= 4 is 21.6 Å². The van der Waals surface area contributed by atoms with Crippen molar-refractivity contribution in [2.24, 2.45) is 0 Å². The third-order valence-corrected chi connectivity index (χ3v) is 5.36. The lowest BCUT2D eigenvalue weighted by Crippen LogP contribution is -2.25. The number of nitrogens with zero attached hydrogens (tertiary/aromatic N) is 1. The number of anilines is 1. The Kier molecular flexibility index (Phi) is 4.83. The first-order valence-corrected chi connectivity index (χ1v) is 9.36. The minimum atomic E-state index is -3.52. The number of hydrogen-bond acceptors (Lipinski definition) is 4. The molecule has 7 heteroatoms. The summed E-state index contributed by atoms with van der Waals surface area (Å²) in [6.45, 7) is 0. The number of carbonyl (C=O) groups is 1. The topological polar surface area (TPSA) is 99.1 Å². The number of sulfonamides is 1. The molecule has 6 nitrogen and oxygen atoms in total. The van der Waals surface area contributed by atoms with Gasteiger partial charge in [-0.05, 0) is 54.8 Å². The molecule has 0 heterocycles. The van der Waals surface area contributed by atoms with Crippen LogP contribution >= 0.6 is 0 Å². The van der Waals surface area contributed by atoms with Gasteiger partial charge in [0.25, 0.3) is 5.91 Å². The molecule has 0 atom stereocenters. The number of nitriles is 1. The highest BCUT2D eigenvalue weighted by molar-refractivity contribution is 7.89. The maximum atomic E-state index is 12.2. The molecule has 0 spiro atoms. The van der Waals surface area contributed by atoms with Crippen LogP contribution in [0.4, 0.5) is 5.69 Å². The van der Waals surface area contributed by atoms with Gasteiger partial charge in [0, 0.05) is 17.3 Å². The van der Waals surface area contributed by atoms with E-state index in [0.29, 0.717) is 17.7 Å². The van der Waals surface area contributed by atoms with Crippen LogP contribution < -0.4 is 10.0 Å². The Labute approximate surface area is 146 Å². The van der Waals surface area contributed by atoms with Gasteiger partial charge in [0.2, 0.25) is 10.0 Å². The lowest BCUT2D eigenvalue weighted by molar-refractivity contribution is 0.102. The first-order valence-electron chi connectivity index (χ1n) is 7.87. The van der Waals surface area contributed by atoms with E-state index in [1.807, 2.05) is 0 Å². The highest BCUT2D eigenvalue weighted by Gasteiger charge is 2.27. The maximum Gasteiger partial charge on any atom is 0.255 e. The first kappa shape index (κ1) is 17.1. The molecule has 0 radical (unpaired) electrons. The third kappa shape index (κ3) is 4.44. The Morgan fingerprint density at radius 2 is 1.72 bits per heavy atom.